The summed E-state index contributed by atoms with van der Waals surface area (Å²) in [7, 11) is 1.98. The standard InChI is InChI=1S/C23H33F2N3O2/c1-4-5-10-28(3)23(18-8-6-7-9-18)26-15-22(30)21(27-16(2)29)13-17-11-19(24)14-20(25)12-17/h4-5,10-12,14,18,21-23,26,30H,1,6-9,13,15H2,2-3H3,(H,27,29)/b10-5-. The smallest absolute Gasteiger partial charge is 0.217 e. The fraction of sp³-hybridized carbons (Fsp3) is 0.522. The van der Waals surface area contributed by atoms with Crippen molar-refractivity contribution in [1.29, 1.82) is 0 Å². The molecule has 3 unspecified atom stereocenters. The first-order chi connectivity index (χ1) is 14.3. The number of nitrogens with zero attached hydrogens (tertiary/aromatic N) is 1. The zero-order chi connectivity index (χ0) is 22.1. The first-order valence-electron chi connectivity index (χ1n) is 10.4. The first-order valence-corrected chi connectivity index (χ1v) is 10.4. The summed E-state index contributed by atoms with van der Waals surface area (Å²) >= 11 is 0. The molecule has 7 heteroatoms. The van der Waals surface area contributed by atoms with Crippen LogP contribution in [0.3, 0.4) is 0 Å². The van der Waals surface area contributed by atoms with E-state index in [-0.39, 0.29) is 25.0 Å². The summed E-state index contributed by atoms with van der Waals surface area (Å²) in [6.07, 6.45) is 9.32. The zero-order valence-electron chi connectivity index (χ0n) is 17.8. The number of nitrogens with one attached hydrogen (secondary N) is 2. The van der Waals surface area contributed by atoms with Crippen LogP contribution in [-0.4, -0.2) is 47.8 Å². The third-order valence-electron chi connectivity index (χ3n) is 5.51. The molecule has 3 N–H and O–H groups in total. The van der Waals surface area contributed by atoms with Gasteiger partial charge in [0.15, 0.2) is 0 Å². The molecule has 30 heavy (non-hydrogen) atoms. The average Bonchev–Trinajstić information content (AvgIpc) is 3.19. The van der Waals surface area contributed by atoms with E-state index in [2.05, 4.69) is 22.1 Å². The summed E-state index contributed by atoms with van der Waals surface area (Å²) in [5, 5.41) is 16.9. The van der Waals surface area contributed by atoms with Gasteiger partial charge in [0.25, 0.3) is 0 Å². The molecular formula is C23H33F2N3O2. The van der Waals surface area contributed by atoms with Gasteiger partial charge in [-0.15, -0.1) is 0 Å². The van der Waals surface area contributed by atoms with E-state index in [0.717, 1.165) is 18.9 Å². The van der Waals surface area contributed by atoms with E-state index >= 15 is 0 Å². The number of allylic oxidation sites excluding steroid dienone is 2. The van der Waals surface area contributed by atoms with Crippen molar-refractivity contribution < 1.29 is 18.7 Å². The highest BCUT2D eigenvalue weighted by Crippen LogP contribution is 2.29. The molecule has 1 amide bonds. The monoisotopic (exact) mass is 421 g/mol. The normalized spacial score (nSPS) is 17.6. The molecule has 1 aromatic carbocycles. The molecule has 3 atom stereocenters. The largest absolute Gasteiger partial charge is 0.390 e. The molecule has 0 aliphatic heterocycles. The Bertz CT molecular complexity index is 715. The van der Waals surface area contributed by atoms with Gasteiger partial charge in [-0.05, 0) is 49.0 Å². The SMILES string of the molecule is C=C/C=C\N(C)C(NCC(O)C(Cc1cc(F)cc(F)c1)NC(C)=O)C1CCCC1. The van der Waals surface area contributed by atoms with E-state index in [0.29, 0.717) is 11.5 Å². The van der Waals surface area contributed by atoms with Gasteiger partial charge in [0.1, 0.15) is 11.6 Å². The molecule has 1 aromatic rings. The van der Waals surface area contributed by atoms with Gasteiger partial charge in [0, 0.05) is 32.8 Å². The molecule has 0 aromatic heterocycles. The van der Waals surface area contributed by atoms with E-state index in [1.54, 1.807) is 6.08 Å². The van der Waals surface area contributed by atoms with E-state index in [9.17, 15) is 18.7 Å². The molecule has 0 heterocycles. The Labute approximate surface area is 177 Å². The third-order valence-corrected chi connectivity index (χ3v) is 5.51. The molecule has 0 spiro atoms. The molecule has 5 nitrogen and oxygen atoms in total. The maximum absolute atomic E-state index is 13.5. The predicted molar refractivity (Wildman–Crippen MR) is 115 cm³/mol. The van der Waals surface area contributed by atoms with E-state index in [4.69, 9.17) is 0 Å². The highest BCUT2D eigenvalue weighted by atomic mass is 19.1. The van der Waals surface area contributed by atoms with Crippen LogP contribution in [0.25, 0.3) is 0 Å². The topological polar surface area (TPSA) is 64.6 Å². The minimum Gasteiger partial charge on any atom is -0.390 e. The van der Waals surface area contributed by atoms with Crippen LogP contribution in [0.1, 0.15) is 38.2 Å². The van der Waals surface area contributed by atoms with E-state index in [1.165, 1.54) is 31.9 Å². The lowest BCUT2D eigenvalue weighted by Gasteiger charge is -2.34. The summed E-state index contributed by atoms with van der Waals surface area (Å²) in [4.78, 5) is 13.7. The lowest BCUT2D eigenvalue weighted by molar-refractivity contribution is -0.120. The van der Waals surface area contributed by atoms with Crippen LogP contribution in [0.15, 0.2) is 43.1 Å². The maximum Gasteiger partial charge on any atom is 0.217 e. The van der Waals surface area contributed by atoms with Crippen molar-refractivity contribution in [3.63, 3.8) is 0 Å². The Balaban J connectivity index is 2.07. The van der Waals surface area contributed by atoms with Crippen LogP contribution in [0.4, 0.5) is 8.78 Å². The highest BCUT2D eigenvalue weighted by molar-refractivity contribution is 5.73. The average molecular weight is 422 g/mol. The molecule has 166 valence electrons. The number of hydrogen-bond acceptors (Lipinski definition) is 4. The number of rotatable bonds is 11. The van der Waals surface area contributed by atoms with E-state index < -0.39 is 23.8 Å². The lowest BCUT2D eigenvalue weighted by atomic mass is 9.99. The number of carbonyl (C=O) groups excluding carboxylic acids is 1. The summed E-state index contributed by atoms with van der Waals surface area (Å²) in [6.45, 7) is 5.29. The summed E-state index contributed by atoms with van der Waals surface area (Å²) in [5.74, 6) is -1.23. The molecule has 1 fully saturated rings. The maximum atomic E-state index is 13.5. The van der Waals surface area contributed by atoms with Gasteiger partial charge in [-0.2, -0.15) is 0 Å². The Hall–Kier alpha value is -2.25. The molecule has 1 aliphatic rings. The van der Waals surface area contributed by atoms with Crippen LogP contribution in [-0.2, 0) is 11.2 Å². The lowest BCUT2D eigenvalue weighted by Crippen LogP contribution is -2.53. The number of halogens is 2. The Kier molecular flexibility index (Phi) is 9.46. The van der Waals surface area contributed by atoms with Gasteiger partial charge in [-0.25, -0.2) is 8.78 Å². The Morgan fingerprint density at radius 2 is 1.93 bits per heavy atom. The number of benzene rings is 1. The highest BCUT2D eigenvalue weighted by Gasteiger charge is 2.29. The Morgan fingerprint density at radius 1 is 1.30 bits per heavy atom. The number of aliphatic hydroxyl groups is 1. The molecule has 0 bridgehead atoms. The second kappa shape index (κ2) is 11.8. The summed E-state index contributed by atoms with van der Waals surface area (Å²) in [6, 6.07) is 2.56. The van der Waals surface area contributed by atoms with Crippen molar-refractivity contribution >= 4 is 5.91 Å². The van der Waals surface area contributed by atoms with Crippen molar-refractivity contribution in [3.05, 3.63) is 60.3 Å². The second-order valence-corrected chi connectivity index (χ2v) is 8.00. The van der Waals surface area contributed by atoms with Crippen LogP contribution >= 0.6 is 0 Å². The molecule has 1 aliphatic carbocycles. The van der Waals surface area contributed by atoms with Crippen molar-refractivity contribution in [1.82, 2.24) is 15.5 Å². The molecule has 0 saturated heterocycles. The van der Waals surface area contributed by atoms with Gasteiger partial charge < -0.3 is 15.3 Å². The van der Waals surface area contributed by atoms with Crippen LogP contribution in [0, 0.1) is 17.6 Å². The van der Waals surface area contributed by atoms with Crippen LogP contribution in [0.5, 0.6) is 0 Å². The Morgan fingerprint density at radius 3 is 2.50 bits per heavy atom. The summed E-state index contributed by atoms with van der Waals surface area (Å²) < 4.78 is 27.1. The number of aliphatic hydroxyl groups excluding tert-OH is 1. The third kappa shape index (κ3) is 7.54. The minimum absolute atomic E-state index is 0.0305. The van der Waals surface area contributed by atoms with Gasteiger partial charge in [0.2, 0.25) is 5.91 Å². The zero-order valence-corrected chi connectivity index (χ0v) is 17.8. The van der Waals surface area contributed by atoms with Gasteiger partial charge >= 0.3 is 0 Å². The van der Waals surface area contributed by atoms with E-state index in [1.807, 2.05) is 19.3 Å². The second-order valence-electron chi connectivity index (χ2n) is 8.00. The summed E-state index contributed by atoms with van der Waals surface area (Å²) in [5.41, 5.74) is 0.378. The quantitative estimate of drug-likeness (QED) is 0.380. The van der Waals surface area contributed by atoms with Crippen molar-refractivity contribution in [2.24, 2.45) is 5.92 Å². The van der Waals surface area contributed by atoms with Crippen molar-refractivity contribution in [3.8, 4) is 0 Å². The molecule has 0 radical (unpaired) electrons. The molecule has 2 rings (SSSR count). The van der Waals surface area contributed by atoms with Gasteiger partial charge in [-0.3, -0.25) is 10.1 Å². The van der Waals surface area contributed by atoms with Gasteiger partial charge in [-0.1, -0.05) is 25.5 Å². The first kappa shape index (κ1) is 24.0. The number of hydrogen-bond donors (Lipinski definition) is 3. The fourth-order valence-corrected chi connectivity index (χ4v) is 4.12. The van der Waals surface area contributed by atoms with Crippen molar-refractivity contribution in [2.75, 3.05) is 13.6 Å². The number of carbonyl (C=O) groups is 1. The molecular weight excluding hydrogens is 388 g/mol. The van der Waals surface area contributed by atoms with Gasteiger partial charge in [0.05, 0.1) is 18.3 Å². The minimum atomic E-state index is -0.930. The van der Waals surface area contributed by atoms with Crippen LogP contribution < -0.4 is 10.6 Å². The van der Waals surface area contributed by atoms with Crippen LogP contribution in [0.2, 0.25) is 0 Å². The molecule has 1 saturated carbocycles. The van der Waals surface area contributed by atoms with Crippen molar-refractivity contribution in [2.45, 2.75) is 57.3 Å². The fourth-order valence-electron chi connectivity index (χ4n) is 4.12. The predicted octanol–water partition coefficient (Wildman–Crippen LogP) is 3.11. The number of amides is 1.